The summed E-state index contributed by atoms with van der Waals surface area (Å²) in [5.74, 6) is -0.310. The van der Waals surface area contributed by atoms with Crippen LogP contribution in [0.1, 0.15) is 11.1 Å². The minimum Gasteiger partial charge on any atom is -0.369 e. The van der Waals surface area contributed by atoms with Crippen LogP contribution in [0.4, 0.5) is 0 Å². The Labute approximate surface area is 106 Å². The molecule has 0 saturated heterocycles. The van der Waals surface area contributed by atoms with Crippen LogP contribution in [0.2, 0.25) is 0 Å². The van der Waals surface area contributed by atoms with Crippen molar-refractivity contribution in [1.82, 2.24) is 4.98 Å². The molecule has 0 aliphatic rings. The van der Waals surface area contributed by atoms with Gasteiger partial charge in [-0.05, 0) is 36.2 Å². The third kappa shape index (κ3) is 2.99. The Morgan fingerprint density at radius 1 is 1.35 bits per heavy atom. The van der Waals surface area contributed by atoms with Crippen molar-refractivity contribution in [2.24, 2.45) is 11.5 Å². The number of carbonyl (C=O) groups excluding carboxylic acids is 1. The Bertz CT molecular complexity index is 521. The molecule has 0 saturated carbocycles. The van der Waals surface area contributed by atoms with Crippen LogP contribution in [0.5, 0.6) is 0 Å². The van der Waals surface area contributed by atoms with E-state index in [2.05, 4.69) is 4.98 Å². The van der Waals surface area contributed by atoms with Crippen molar-refractivity contribution in [2.45, 2.75) is 12.8 Å². The maximum atomic E-state index is 10.8. The van der Waals surface area contributed by atoms with Gasteiger partial charge in [-0.1, -0.05) is 6.07 Å². The number of fused-ring (bicyclic) bond motifs is 1. The highest BCUT2D eigenvalue weighted by Gasteiger charge is 2.05. The molecule has 2 aromatic rings. The smallest absolute Gasteiger partial charge is 0.221 e. The molecule has 1 aromatic carbocycles. The fraction of sp³-hybridized carbons (Fsp3) is 0.250. The molecule has 2 rings (SSSR count). The monoisotopic (exact) mass is 253 g/mol. The molecule has 0 atom stereocenters. The van der Waals surface area contributed by atoms with Gasteiger partial charge in [0, 0.05) is 17.1 Å². The second kappa shape index (κ2) is 5.70. The molecular weight excluding hydrogens is 238 g/mol. The number of amides is 1. The molecule has 0 radical (unpaired) electrons. The summed E-state index contributed by atoms with van der Waals surface area (Å²) in [7, 11) is 0. The van der Waals surface area contributed by atoms with Gasteiger partial charge in [-0.15, -0.1) is 12.4 Å². The summed E-state index contributed by atoms with van der Waals surface area (Å²) in [6.07, 6.45) is 3.08. The van der Waals surface area contributed by atoms with E-state index in [1.165, 1.54) is 5.56 Å². The average Bonchev–Trinajstić information content (AvgIpc) is 2.61. The third-order valence-electron chi connectivity index (χ3n) is 2.62. The highest BCUT2D eigenvalue weighted by molar-refractivity contribution is 5.86. The summed E-state index contributed by atoms with van der Waals surface area (Å²) in [5, 5.41) is 1.13. The molecule has 0 aliphatic carbocycles. The number of benzene rings is 1. The first-order valence-corrected chi connectivity index (χ1v) is 5.28. The van der Waals surface area contributed by atoms with Gasteiger partial charge in [-0.25, -0.2) is 0 Å². The second-order valence-corrected chi connectivity index (χ2v) is 3.88. The van der Waals surface area contributed by atoms with Gasteiger partial charge in [0.05, 0.1) is 6.42 Å². The van der Waals surface area contributed by atoms with Gasteiger partial charge in [0.2, 0.25) is 5.91 Å². The SMILES string of the molecule is Cl.NCCc1c[nH]c2ccc(CC(N)=O)cc12. The van der Waals surface area contributed by atoms with E-state index >= 15 is 0 Å². The Morgan fingerprint density at radius 3 is 2.76 bits per heavy atom. The number of carbonyl (C=O) groups is 1. The van der Waals surface area contributed by atoms with Gasteiger partial charge < -0.3 is 16.5 Å². The van der Waals surface area contributed by atoms with E-state index in [4.69, 9.17) is 11.5 Å². The van der Waals surface area contributed by atoms with Crippen molar-refractivity contribution in [3.05, 3.63) is 35.5 Å². The van der Waals surface area contributed by atoms with Crippen LogP contribution in [0.15, 0.2) is 24.4 Å². The zero-order valence-corrected chi connectivity index (χ0v) is 10.2. The van der Waals surface area contributed by atoms with E-state index in [-0.39, 0.29) is 24.7 Å². The lowest BCUT2D eigenvalue weighted by atomic mass is 10.1. The minimum atomic E-state index is -0.310. The topological polar surface area (TPSA) is 84.9 Å². The molecule has 17 heavy (non-hydrogen) atoms. The molecule has 0 spiro atoms. The van der Waals surface area contributed by atoms with Crippen molar-refractivity contribution in [3.63, 3.8) is 0 Å². The van der Waals surface area contributed by atoms with Gasteiger partial charge in [-0.3, -0.25) is 4.79 Å². The number of halogens is 1. The van der Waals surface area contributed by atoms with Crippen LogP contribution in [-0.4, -0.2) is 17.4 Å². The molecule has 0 bridgehead atoms. The average molecular weight is 254 g/mol. The van der Waals surface area contributed by atoms with Crippen molar-refractivity contribution < 1.29 is 4.79 Å². The predicted octanol–water partition coefficient (Wildman–Crippen LogP) is 1.12. The van der Waals surface area contributed by atoms with Gasteiger partial charge >= 0.3 is 0 Å². The van der Waals surface area contributed by atoms with Crippen LogP contribution in [-0.2, 0) is 17.6 Å². The van der Waals surface area contributed by atoms with E-state index in [0.29, 0.717) is 6.54 Å². The minimum absolute atomic E-state index is 0. The summed E-state index contributed by atoms with van der Waals surface area (Å²) in [6.45, 7) is 0.618. The fourth-order valence-corrected chi connectivity index (χ4v) is 1.90. The fourth-order valence-electron chi connectivity index (χ4n) is 1.90. The number of hydrogen-bond donors (Lipinski definition) is 3. The second-order valence-electron chi connectivity index (χ2n) is 3.88. The molecule has 5 N–H and O–H groups in total. The van der Waals surface area contributed by atoms with Gasteiger partial charge in [0.15, 0.2) is 0 Å². The van der Waals surface area contributed by atoms with E-state index in [1.807, 2.05) is 24.4 Å². The summed E-state index contributed by atoms with van der Waals surface area (Å²) in [5.41, 5.74) is 13.9. The Hall–Kier alpha value is -1.52. The van der Waals surface area contributed by atoms with Crippen LogP contribution in [0.3, 0.4) is 0 Å². The summed E-state index contributed by atoms with van der Waals surface area (Å²) >= 11 is 0. The third-order valence-corrected chi connectivity index (χ3v) is 2.62. The quantitative estimate of drug-likeness (QED) is 0.763. The van der Waals surface area contributed by atoms with Gasteiger partial charge in [-0.2, -0.15) is 0 Å². The highest BCUT2D eigenvalue weighted by atomic mass is 35.5. The summed E-state index contributed by atoms with van der Waals surface area (Å²) < 4.78 is 0. The normalized spacial score (nSPS) is 10.2. The number of aromatic nitrogens is 1. The molecule has 4 nitrogen and oxygen atoms in total. The van der Waals surface area contributed by atoms with Crippen LogP contribution in [0, 0.1) is 0 Å². The van der Waals surface area contributed by atoms with E-state index in [1.54, 1.807) is 0 Å². The van der Waals surface area contributed by atoms with Crippen molar-refractivity contribution in [3.8, 4) is 0 Å². The van der Waals surface area contributed by atoms with Crippen molar-refractivity contribution in [1.29, 1.82) is 0 Å². The number of primary amides is 1. The Kier molecular flexibility index (Phi) is 4.54. The van der Waals surface area contributed by atoms with Gasteiger partial charge in [0.1, 0.15) is 0 Å². The maximum absolute atomic E-state index is 10.8. The number of nitrogens with one attached hydrogen (secondary N) is 1. The molecule has 0 unspecified atom stereocenters. The number of H-pyrrole nitrogens is 1. The lowest BCUT2D eigenvalue weighted by molar-refractivity contribution is -0.117. The van der Waals surface area contributed by atoms with Crippen molar-refractivity contribution >= 4 is 29.2 Å². The lowest BCUT2D eigenvalue weighted by Crippen LogP contribution is -2.13. The largest absolute Gasteiger partial charge is 0.369 e. The Balaban J connectivity index is 0.00000144. The predicted molar refractivity (Wildman–Crippen MR) is 71.2 cm³/mol. The van der Waals surface area contributed by atoms with Crippen molar-refractivity contribution in [2.75, 3.05) is 6.54 Å². The molecule has 1 amide bonds. The standard InChI is InChI=1S/C12H15N3O.ClH/c13-4-3-9-7-15-11-2-1-8(5-10(9)11)6-12(14)16;/h1-2,5,7,15H,3-4,6,13H2,(H2,14,16);1H. The number of nitrogens with two attached hydrogens (primary N) is 2. The first-order chi connectivity index (χ1) is 7.70. The lowest BCUT2D eigenvalue weighted by Gasteiger charge is -2.00. The van der Waals surface area contributed by atoms with Gasteiger partial charge in [0.25, 0.3) is 0 Å². The zero-order valence-electron chi connectivity index (χ0n) is 9.40. The maximum Gasteiger partial charge on any atom is 0.221 e. The highest BCUT2D eigenvalue weighted by Crippen LogP contribution is 2.20. The molecule has 5 heteroatoms. The van der Waals surface area contributed by atoms with E-state index < -0.39 is 0 Å². The molecule has 92 valence electrons. The molecule has 1 heterocycles. The number of rotatable bonds is 4. The molecular formula is C12H16ClN3O. The molecule has 0 aliphatic heterocycles. The first kappa shape index (κ1) is 13.5. The molecule has 1 aromatic heterocycles. The first-order valence-electron chi connectivity index (χ1n) is 5.28. The summed E-state index contributed by atoms with van der Waals surface area (Å²) in [4.78, 5) is 14.0. The zero-order chi connectivity index (χ0) is 11.5. The van der Waals surface area contributed by atoms with Crippen LogP contribution in [0.25, 0.3) is 10.9 Å². The van der Waals surface area contributed by atoms with E-state index in [9.17, 15) is 4.79 Å². The van der Waals surface area contributed by atoms with E-state index in [0.717, 1.165) is 22.9 Å². The van der Waals surface area contributed by atoms with Crippen LogP contribution < -0.4 is 11.5 Å². The van der Waals surface area contributed by atoms with Crippen LogP contribution >= 0.6 is 12.4 Å². The number of aromatic amines is 1. The summed E-state index contributed by atoms with van der Waals surface area (Å²) in [6, 6.07) is 5.88. The number of hydrogen-bond acceptors (Lipinski definition) is 2. The Morgan fingerprint density at radius 2 is 2.12 bits per heavy atom. The molecule has 0 fully saturated rings.